The third kappa shape index (κ3) is 5.52. The van der Waals surface area contributed by atoms with Crippen molar-refractivity contribution in [1.29, 1.82) is 5.26 Å². The zero-order valence-electron chi connectivity index (χ0n) is 21.8. The molecular formula is C24H33N5O8. The number of carbonyl (C=O) groups is 2. The molecule has 3 heterocycles. The number of rotatable bonds is 9. The SMILES string of the molecule is COC(=O)C(C)(C)CO[C@H]1[C@@H](O)[C@](C#N)(c2ccc3c(N)ncnn23)O[C@@H]1COCOC(=O)C(C)(C)C. The lowest BCUT2D eigenvalue weighted by Gasteiger charge is -2.27. The molecule has 0 unspecified atom stereocenters. The predicted octanol–water partition coefficient (Wildman–Crippen LogP) is 0.938. The third-order valence-electron chi connectivity index (χ3n) is 6.00. The van der Waals surface area contributed by atoms with Crippen molar-refractivity contribution in [2.24, 2.45) is 10.8 Å². The quantitative estimate of drug-likeness (QED) is 0.272. The molecule has 13 nitrogen and oxygen atoms in total. The number of hydrogen-bond acceptors (Lipinski definition) is 12. The second kappa shape index (κ2) is 10.6. The highest BCUT2D eigenvalue weighted by molar-refractivity contribution is 5.76. The number of ether oxygens (including phenoxy) is 5. The molecule has 0 amide bonds. The van der Waals surface area contributed by atoms with Gasteiger partial charge in [0, 0.05) is 0 Å². The molecule has 2 aromatic rings. The number of aliphatic hydroxyl groups excluding tert-OH is 1. The lowest BCUT2D eigenvalue weighted by Crippen LogP contribution is -2.44. The number of nitrogen functional groups attached to an aromatic ring is 1. The highest BCUT2D eigenvalue weighted by atomic mass is 16.7. The van der Waals surface area contributed by atoms with Crippen LogP contribution in [0, 0.1) is 22.2 Å². The first-order valence-electron chi connectivity index (χ1n) is 11.6. The first-order valence-corrected chi connectivity index (χ1v) is 11.6. The van der Waals surface area contributed by atoms with Crippen LogP contribution < -0.4 is 5.73 Å². The summed E-state index contributed by atoms with van der Waals surface area (Å²) in [7, 11) is 1.26. The molecule has 1 aliphatic rings. The molecule has 37 heavy (non-hydrogen) atoms. The largest absolute Gasteiger partial charge is 0.469 e. The maximum Gasteiger partial charge on any atom is 0.313 e. The van der Waals surface area contributed by atoms with Gasteiger partial charge in [-0.3, -0.25) is 9.59 Å². The van der Waals surface area contributed by atoms with Gasteiger partial charge in [-0.15, -0.1) is 0 Å². The molecule has 1 fully saturated rings. The summed E-state index contributed by atoms with van der Waals surface area (Å²) in [4.78, 5) is 28.1. The monoisotopic (exact) mass is 519 g/mol. The average molecular weight is 520 g/mol. The highest BCUT2D eigenvalue weighted by Crippen LogP contribution is 2.42. The van der Waals surface area contributed by atoms with Gasteiger partial charge in [-0.2, -0.15) is 10.4 Å². The summed E-state index contributed by atoms with van der Waals surface area (Å²) in [6.07, 6.45) is -2.39. The zero-order chi connectivity index (χ0) is 27.6. The molecule has 4 atom stereocenters. The minimum Gasteiger partial charge on any atom is -0.469 e. The molecule has 0 saturated carbocycles. The molecule has 0 spiro atoms. The minimum absolute atomic E-state index is 0.147. The van der Waals surface area contributed by atoms with E-state index in [0.29, 0.717) is 5.52 Å². The Bertz CT molecular complexity index is 1180. The zero-order valence-corrected chi connectivity index (χ0v) is 21.8. The Balaban J connectivity index is 1.88. The Morgan fingerprint density at radius 3 is 2.59 bits per heavy atom. The minimum atomic E-state index is -1.93. The van der Waals surface area contributed by atoms with Crippen LogP contribution in [-0.2, 0) is 38.9 Å². The second-order valence-corrected chi connectivity index (χ2v) is 10.4. The Labute approximate surface area is 214 Å². The van der Waals surface area contributed by atoms with Gasteiger partial charge < -0.3 is 34.5 Å². The molecule has 0 bridgehead atoms. The van der Waals surface area contributed by atoms with E-state index in [1.54, 1.807) is 46.8 Å². The van der Waals surface area contributed by atoms with E-state index >= 15 is 0 Å². The number of nitrogens with zero attached hydrogens (tertiary/aromatic N) is 4. The summed E-state index contributed by atoms with van der Waals surface area (Å²) in [5, 5.41) is 25.8. The Kier molecular flexibility index (Phi) is 8.09. The molecule has 1 saturated heterocycles. The Hall–Kier alpha value is -3.31. The fourth-order valence-electron chi connectivity index (χ4n) is 3.85. The number of esters is 2. The number of aromatic nitrogens is 3. The molecule has 0 aromatic carbocycles. The van der Waals surface area contributed by atoms with Crippen LogP contribution in [0.4, 0.5) is 5.82 Å². The van der Waals surface area contributed by atoms with Crippen molar-refractivity contribution in [1.82, 2.24) is 14.6 Å². The van der Waals surface area contributed by atoms with Gasteiger partial charge in [-0.1, -0.05) is 0 Å². The Morgan fingerprint density at radius 2 is 1.97 bits per heavy atom. The van der Waals surface area contributed by atoms with Crippen molar-refractivity contribution in [3.63, 3.8) is 0 Å². The van der Waals surface area contributed by atoms with Crippen molar-refractivity contribution >= 4 is 23.3 Å². The average Bonchev–Trinajstić information content (AvgIpc) is 3.39. The number of nitriles is 1. The van der Waals surface area contributed by atoms with Crippen molar-refractivity contribution in [2.75, 3.05) is 32.9 Å². The number of hydrogen-bond donors (Lipinski definition) is 2. The maximum atomic E-state index is 12.2. The summed E-state index contributed by atoms with van der Waals surface area (Å²) < 4.78 is 28.9. The first kappa shape index (κ1) is 28.3. The highest BCUT2D eigenvalue weighted by Gasteiger charge is 2.59. The van der Waals surface area contributed by atoms with Crippen LogP contribution in [0.25, 0.3) is 5.52 Å². The van der Waals surface area contributed by atoms with E-state index < -0.39 is 46.7 Å². The van der Waals surface area contributed by atoms with E-state index in [4.69, 9.17) is 29.4 Å². The fraction of sp³-hybridized carbons (Fsp3) is 0.625. The topological polar surface area (TPSA) is 181 Å². The number of fused-ring (bicyclic) bond motifs is 1. The maximum absolute atomic E-state index is 12.2. The molecule has 0 aliphatic carbocycles. The number of nitrogens with two attached hydrogens (primary N) is 1. The summed E-state index contributed by atoms with van der Waals surface area (Å²) >= 11 is 0. The molecule has 0 radical (unpaired) electrons. The predicted molar refractivity (Wildman–Crippen MR) is 127 cm³/mol. The van der Waals surface area contributed by atoms with Crippen LogP contribution >= 0.6 is 0 Å². The van der Waals surface area contributed by atoms with Gasteiger partial charge >= 0.3 is 11.9 Å². The number of carbonyl (C=O) groups excluding carboxylic acids is 2. The second-order valence-electron chi connectivity index (χ2n) is 10.4. The van der Waals surface area contributed by atoms with Crippen molar-refractivity contribution in [2.45, 2.75) is 58.5 Å². The van der Waals surface area contributed by atoms with E-state index in [0.717, 1.165) is 0 Å². The van der Waals surface area contributed by atoms with Gasteiger partial charge in [0.25, 0.3) is 0 Å². The first-order chi connectivity index (χ1) is 17.3. The van der Waals surface area contributed by atoms with Crippen molar-refractivity contribution in [3.05, 3.63) is 24.2 Å². The van der Waals surface area contributed by atoms with E-state index in [-0.39, 0.29) is 31.5 Å². The van der Waals surface area contributed by atoms with Gasteiger partial charge in [0.2, 0.25) is 5.60 Å². The van der Waals surface area contributed by atoms with Crippen LogP contribution in [0.1, 0.15) is 40.3 Å². The lowest BCUT2D eigenvalue weighted by atomic mass is 9.91. The van der Waals surface area contributed by atoms with Crippen LogP contribution in [0.15, 0.2) is 18.5 Å². The van der Waals surface area contributed by atoms with E-state index in [9.17, 15) is 20.0 Å². The van der Waals surface area contributed by atoms with Crippen LogP contribution in [0.2, 0.25) is 0 Å². The third-order valence-corrected chi connectivity index (χ3v) is 6.00. The van der Waals surface area contributed by atoms with E-state index in [1.165, 1.54) is 18.0 Å². The summed E-state index contributed by atoms with van der Waals surface area (Å²) in [5.41, 5.74) is 2.85. The van der Waals surface area contributed by atoms with E-state index in [1.807, 2.05) is 0 Å². The number of methoxy groups -OCH3 is 1. The van der Waals surface area contributed by atoms with Gasteiger partial charge in [-0.05, 0) is 46.8 Å². The number of aliphatic hydroxyl groups is 1. The van der Waals surface area contributed by atoms with Crippen molar-refractivity contribution in [3.8, 4) is 6.07 Å². The Morgan fingerprint density at radius 1 is 1.27 bits per heavy atom. The molecule has 3 rings (SSSR count). The van der Waals surface area contributed by atoms with Crippen LogP contribution in [0.3, 0.4) is 0 Å². The molecule has 1 aliphatic heterocycles. The van der Waals surface area contributed by atoms with Crippen LogP contribution in [0.5, 0.6) is 0 Å². The summed E-state index contributed by atoms with van der Waals surface area (Å²) in [6.45, 7) is 7.65. The fourth-order valence-corrected chi connectivity index (χ4v) is 3.85. The molecule has 2 aromatic heterocycles. The molecular weight excluding hydrogens is 486 g/mol. The van der Waals surface area contributed by atoms with Gasteiger partial charge in [0.05, 0.1) is 36.8 Å². The lowest BCUT2D eigenvalue weighted by molar-refractivity contribution is -0.172. The molecule has 13 heteroatoms. The standard InChI is InChI=1S/C24H33N5O8/c1-22(2,3)20(31)36-13-34-9-15-17(35-11-23(4,5)21(32)33-6)18(30)24(10-25,37-15)16-8-7-14-19(26)27-12-28-29(14)16/h7-8,12,15,17-18,30H,9,11,13H2,1-6H3,(H2,26,27,28)/t15-,17-,18-,24+/m1/s1. The van der Waals surface area contributed by atoms with Gasteiger partial charge in [0.1, 0.15) is 36.2 Å². The van der Waals surface area contributed by atoms with Crippen LogP contribution in [-0.4, -0.2) is 77.1 Å². The van der Waals surface area contributed by atoms with E-state index in [2.05, 4.69) is 16.2 Å². The molecule has 202 valence electrons. The van der Waals surface area contributed by atoms with Gasteiger partial charge in [-0.25, -0.2) is 9.50 Å². The molecule has 3 N–H and O–H groups in total. The van der Waals surface area contributed by atoms with Gasteiger partial charge in [0.15, 0.2) is 12.6 Å². The van der Waals surface area contributed by atoms with Crippen molar-refractivity contribution < 1.29 is 38.4 Å². The smallest absolute Gasteiger partial charge is 0.313 e. The summed E-state index contributed by atoms with van der Waals surface area (Å²) in [6, 6.07) is 5.21. The summed E-state index contributed by atoms with van der Waals surface area (Å²) in [5.74, 6) is -0.801. The number of anilines is 1. The normalized spacial score (nSPS) is 24.1.